The first-order valence-electron chi connectivity index (χ1n) is 9.63. The maximum atomic E-state index is 2.39. The van der Waals surface area contributed by atoms with E-state index in [9.17, 15) is 0 Å². The molecule has 3 heteroatoms. The zero-order valence-corrected chi connectivity index (χ0v) is 20.3. The third-order valence-electron chi connectivity index (χ3n) is 5.40. The Hall–Kier alpha value is -0.510. The highest BCUT2D eigenvalue weighted by molar-refractivity contribution is 8.83. The molecule has 1 heterocycles. The Bertz CT molecular complexity index is 724. The predicted molar refractivity (Wildman–Crippen MR) is 127 cm³/mol. The first-order valence-corrected chi connectivity index (χ1v) is 12.6. The minimum absolute atomic E-state index is 0.00350. The molecule has 27 heavy (non-hydrogen) atoms. The van der Waals surface area contributed by atoms with Gasteiger partial charge in [-0.05, 0) is 35.8 Å². The molecule has 1 fully saturated rings. The van der Waals surface area contributed by atoms with Crippen molar-refractivity contribution in [1.29, 1.82) is 0 Å². The number of rotatable bonds is 2. The van der Waals surface area contributed by atoms with E-state index in [0.717, 1.165) is 0 Å². The van der Waals surface area contributed by atoms with E-state index in [-0.39, 0.29) is 19.0 Å². The normalized spacial score (nSPS) is 26.4. The molecule has 2 aromatic carbocycles. The second-order valence-corrected chi connectivity index (χ2v) is 14.2. The summed E-state index contributed by atoms with van der Waals surface area (Å²) in [6.07, 6.45) is 0. The number of hydrogen-bond acceptors (Lipinski definition) is 3. The van der Waals surface area contributed by atoms with E-state index in [4.69, 9.17) is 0 Å². The van der Waals surface area contributed by atoms with Gasteiger partial charge in [-0.25, -0.2) is 0 Å². The molecule has 0 aliphatic carbocycles. The second-order valence-electron chi connectivity index (χ2n) is 9.73. The number of thioether (sulfide) groups is 1. The summed E-state index contributed by atoms with van der Waals surface area (Å²) in [5, 5.41) is 0. The van der Waals surface area contributed by atoms with Crippen molar-refractivity contribution in [2.24, 2.45) is 10.8 Å². The molecule has 0 N–H and O–H groups in total. The van der Waals surface area contributed by atoms with Crippen LogP contribution in [0.15, 0.2) is 48.5 Å². The van der Waals surface area contributed by atoms with Crippen molar-refractivity contribution >= 4 is 33.3 Å². The van der Waals surface area contributed by atoms with Crippen molar-refractivity contribution in [2.75, 3.05) is 0 Å². The van der Waals surface area contributed by atoms with E-state index in [2.05, 4.69) is 137 Å². The highest BCUT2D eigenvalue weighted by atomic mass is 33.1. The summed E-state index contributed by atoms with van der Waals surface area (Å²) in [5.41, 5.74) is 5.76. The maximum absolute atomic E-state index is 2.39. The Morgan fingerprint density at radius 3 is 1.11 bits per heavy atom. The fourth-order valence-corrected chi connectivity index (χ4v) is 11.4. The van der Waals surface area contributed by atoms with Crippen molar-refractivity contribution in [3.8, 4) is 0 Å². The Labute approximate surface area is 178 Å². The van der Waals surface area contributed by atoms with Crippen LogP contribution in [-0.2, 0) is 8.16 Å². The molecule has 0 radical (unpaired) electrons. The van der Waals surface area contributed by atoms with E-state index in [0.29, 0.717) is 0 Å². The molecule has 1 saturated heterocycles. The molecule has 0 nitrogen and oxygen atoms in total. The van der Waals surface area contributed by atoms with Crippen LogP contribution in [0.25, 0.3) is 0 Å². The van der Waals surface area contributed by atoms with Crippen LogP contribution < -0.4 is 0 Å². The molecule has 0 spiro atoms. The van der Waals surface area contributed by atoms with Gasteiger partial charge in [0.2, 0.25) is 0 Å². The van der Waals surface area contributed by atoms with Gasteiger partial charge < -0.3 is 0 Å². The third-order valence-corrected chi connectivity index (χ3v) is 13.3. The Morgan fingerprint density at radius 1 is 0.556 bits per heavy atom. The van der Waals surface area contributed by atoms with E-state index < -0.39 is 0 Å². The predicted octanol–water partition coefficient (Wildman–Crippen LogP) is 8.53. The third kappa shape index (κ3) is 3.60. The van der Waals surface area contributed by atoms with Gasteiger partial charge in [0.05, 0.1) is 0 Å². The molecule has 0 unspecified atom stereocenters. The molecule has 1 aliphatic heterocycles. The molecule has 0 bridgehead atoms. The summed E-state index contributed by atoms with van der Waals surface area (Å²) in [4.78, 5) is 0. The van der Waals surface area contributed by atoms with Gasteiger partial charge in [-0.15, -0.1) is 11.8 Å². The van der Waals surface area contributed by atoms with E-state index in [1.165, 1.54) is 22.3 Å². The van der Waals surface area contributed by atoms with E-state index >= 15 is 0 Å². The van der Waals surface area contributed by atoms with Crippen molar-refractivity contribution in [2.45, 2.75) is 63.5 Å². The molecule has 1 aliphatic rings. The molecular weight excluding hydrogens is 384 g/mol. The van der Waals surface area contributed by atoms with Crippen LogP contribution in [0.4, 0.5) is 0 Å². The van der Waals surface area contributed by atoms with Crippen molar-refractivity contribution < 1.29 is 0 Å². The van der Waals surface area contributed by atoms with Gasteiger partial charge in [0.25, 0.3) is 0 Å². The molecule has 2 aromatic rings. The molecule has 0 amide bonds. The molecule has 0 saturated carbocycles. The molecule has 2 atom stereocenters. The van der Waals surface area contributed by atoms with Crippen LogP contribution in [0.2, 0.25) is 0 Å². The number of aryl methyl sites for hydroxylation is 2. The lowest BCUT2D eigenvalue weighted by Crippen LogP contribution is -2.37. The standard InChI is InChI=1S/C24H32S3/c1-17-9-13-19(14-10-17)23(21(3,4)5)25-24(27-26-23,22(6,7)8)20-15-11-18(2)12-16-20/h9-16H,1-8H3/t23-,24-/m0/s1. The molecule has 3 rings (SSSR count). The lowest BCUT2D eigenvalue weighted by atomic mass is 9.85. The lowest BCUT2D eigenvalue weighted by molar-refractivity contribution is 0.353. The number of hydrogen-bond donors (Lipinski definition) is 0. The summed E-state index contributed by atoms with van der Waals surface area (Å²) >= 11 is 2.16. The highest BCUT2D eigenvalue weighted by Crippen LogP contribution is 2.80. The van der Waals surface area contributed by atoms with Gasteiger partial charge in [0.1, 0.15) is 8.16 Å². The average Bonchev–Trinajstić information content (AvgIpc) is 2.99. The lowest BCUT2D eigenvalue weighted by Gasteiger charge is -2.45. The van der Waals surface area contributed by atoms with Gasteiger partial charge in [-0.2, -0.15) is 0 Å². The minimum atomic E-state index is 0.00350. The van der Waals surface area contributed by atoms with Crippen molar-refractivity contribution in [3.05, 3.63) is 70.8 Å². The van der Waals surface area contributed by atoms with Crippen LogP contribution in [0.3, 0.4) is 0 Å². The first kappa shape index (κ1) is 21.2. The van der Waals surface area contributed by atoms with Gasteiger partial charge in [0, 0.05) is 0 Å². The summed E-state index contributed by atoms with van der Waals surface area (Å²) in [6.45, 7) is 18.7. The van der Waals surface area contributed by atoms with Crippen LogP contribution in [0.5, 0.6) is 0 Å². The zero-order valence-electron chi connectivity index (χ0n) is 17.8. The topological polar surface area (TPSA) is 0 Å². The van der Waals surface area contributed by atoms with Gasteiger partial charge in [0.15, 0.2) is 0 Å². The van der Waals surface area contributed by atoms with Crippen LogP contribution in [0.1, 0.15) is 63.8 Å². The van der Waals surface area contributed by atoms with E-state index in [1.807, 2.05) is 0 Å². The SMILES string of the molecule is Cc1ccc([C@@]2(C(C)(C)C)SS[C@@](c3ccc(C)cc3)(C(C)(C)C)S2)cc1. The molecule has 146 valence electrons. The Morgan fingerprint density at radius 2 is 0.852 bits per heavy atom. The van der Waals surface area contributed by atoms with Crippen LogP contribution in [-0.4, -0.2) is 0 Å². The number of benzene rings is 2. The van der Waals surface area contributed by atoms with E-state index in [1.54, 1.807) is 0 Å². The summed E-state index contributed by atoms with van der Waals surface area (Å²) < 4.78 is 0.00701. The largest absolute Gasteiger partial charge is 0.114 e. The van der Waals surface area contributed by atoms with Gasteiger partial charge in [-0.1, -0.05) is 123 Å². The zero-order chi connectivity index (χ0) is 20.1. The highest BCUT2D eigenvalue weighted by Gasteiger charge is 2.61. The Kier molecular flexibility index (Phi) is 5.56. The monoisotopic (exact) mass is 416 g/mol. The van der Waals surface area contributed by atoms with Gasteiger partial charge >= 0.3 is 0 Å². The van der Waals surface area contributed by atoms with Crippen molar-refractivity contribution in [3.63, 3.8) is 0 Å². The fourth-order valence-electron chi connectivity index (χ4n) is 3.54. The summed E-state index contributed by atoms with van der Waals surface area (Å²) in [6, 6.07) is 18.4. The molecular formula is C24H32S3. The maximum Gasteiger partial charge on any atom is 0.103 e. The van der Waals surface area contributed by atoms with Crippen LogP contribution >= 0.6 is 33.3 Å². The first-order chi connectivity index (χ1) is 12.4. The summed E-state index contributed by atoms with van der Waals surface area (Å²) in [7, 11) is 4.14. The Balaban J connectivity index is 2.17. The smallest absolute Gasteiger partial charge is 0.103 e. The molecule has 0 aromatic heterocycles. The fraction of sp³-hybridized carbons (Fsp3) is 0.500. The second kappa shape index (κ2) is 7.07. The average molecular weight is 417 g/mol. The summed E-state index contributed by atoms with van der Waals surface area (Å²) in [5.74, 6) is 0. The minimum Gasteiger partial charge on any atom is -0.114 e. The van der Waals surface area contributed by atoms with Gasteiger partial charge in [-0.3, -0.25) is 0 Å². The van der Waals surface area contributed by atoms with Crippen LogP contribution in [0, 0.1) is 24.7 Å². The van der Waals surface area contributed by atoms with Crippen molar-refractivity contribution in [1.82, 2.24) is 0 Å². The quantitative estimate of drug-likeness (QED) is 0.450.